The fourth-order valence-corrected chi connectivity index (χ4v) is 2.58. The minimum absolute atomic E-state index is 0.545. The normalized spacial score (nSPS) is 11.9. The first-order chi connectivity index (χ1) is 11.7. The zero-order valence-electron chi connectivity index (χ0n) is 15.3. The quantitative estimate of drug-likeness (QED) is 0.774. The Balaban J connectivity index is 2.56. The first-order valence-corrected chi connectivity index (χ1v) is 8.03. The largest absolute Gasteiger partial charge is 0.481 e. The van der Waals surface area contributed by atoms with Crippen molar-refractivity contribution in [2.75, 3.05) is 43.7 Å². The zero-order valence-corrected chi connectivity index (χ0v) is 15.3. The van der Waals surface area contributed by atoms with Crippen LogP contribution in [0.25, 0.3) is 0 Å². The van der Waals surface area contributed by atoms with E-state index in [-0.39, 0.29) is 0 Å². The number of nitrogen functional groups attached to an aromatic ring is 1. The molecule has 1 aromatic carbocycles. The molecule has 0 aliphatic rings. The molecule has 1 heterocycles. The lowest BCUT2D eigenvalue weighted by Crippen LogP contribution is -2.24. The number of hydrogen-bond donors (Lipinski definition) is 2. The number of aliphatic carboxylic acids is 1. The Labute approximate surface area is 148 Å². The number of carbonyl (C=O) groups is 1. The van der Waals surface area contributed by atoms with E-state index in [1.165, 1.54) is 0 Å². The van der Waals surface area contributed by atoms with E-state index in [0.717, 1.165) is 5.56 Å². The summed E-state index contributed by atoms with van der Waals surface area (Å²) in [5.74, 6) is 0.276. The lowest BCUT2D eigenvalue weighted by Gasteiger charge is -2.25. The van der Waals surface area contributed by atoms with Crippen LogP contribution in [0.3, 0.4) is 0 Å². The number of aromatic nitrogens is 2. The fourth-order valence-electron chi connectivity index (χ4n) is 2.58. The highest BCUT2D eigenvalue weighted by molar-refractivity contribution is 5.81. The van der Waals surface area contributed by atoms with E-state index < -0.39 is 11.9 Å². The summed E-state index contributed by atoms with van der Waals surface area (Å²) in [7, 11) is 7.42. The van der Waals surface area contributed by atoms with E-state index in [1.54, 1.807) is 6.92 Å². The summed E-state index contributed by atoms with van der Waals surface area (Å²) in [5.41, 5.74) is 8.09. The van der Waals surface area contributed by atoms with Crippen molar-refractivity contribution < 1.29 is 9.90 Å². The summed E-state index contributed by atoms with van der Waals surface area (Å²) in [6, 6.07) is 7.57. The van der Waals surface area contributed by atoms with Crippen LogP contribution in [0.15, 0.2) is 24.3 Å². The Kier molecular flexibility index (Phi) is 5.46. The summed E-state index contributed by atoms with van der Waals surface area (Å²) < 4.78 is 0. The van der Waals surface area contributed by atoms with Gasteiger partial charge in [0.2, 0.25) is 0 Å². The van der Waals surface area contributed by atoms with Gasteiger partial charge in [-0.25, -0.2) is 9.97 Å². The molecule has 0 radical (unpaired) electrons. The number of carboxylic acids is 1. The van der Waals surface area contributed by atoms with Crippen molar-refractivity contribution >= 4 is 23.3 Å². The topological polar surface area (TPSA) is 95.6 Å². The number of carboxylic acid groups (broad SMARTS) is 1. The highest BCUT2D eigenvalue weighted by Crippen LogP contribution is 2.33. The fraction of sp³-hybridized carbons (Fsp3) is 0.389. The minimum Gasteiger partial charge on any atom is -0.481 e. The van der Waals surface area contributed by atoms with Crippen LogP contribution in [0.2, 0.25) is 0 Å². The molecular formula is C18H25N5O2. The summed E-state index contributed by atoms with van der Waals surface area (Å²) in [6.07, 6.45) is 0.545. The van der Waals surface area contributed by atoms with Crippen LogP contribution < -0.4 is 15.5 Å². The molecule has 0 aliphatic carbocycles. The molecule has 0 saturated carbocycles. The predicted molar refractivity (Wildman–Crippen MR) is 100 cm³/mol. The highest BCUT2D eigenvalue weighted by Gasteiger charge is 2.26. The molecule has 25 heavy (non-hydrogen) atoms. The van der Waals surface area contributed by atoms with Crippen molar-refractivity contribution in [3.05, 3.63) is 41.2 Å². The lowest BCUT2D eigenvalue weighted by molar-refractivity contribution is -0.138. The Bertz CT molecular complexity index is 728. The lowest BCUT2D eigenvalue weighted by atomic mass is 10.0. The Morgan fingerprint density at radius 2 is 1.56 bits per heavy atom. The molecule has 0 saturated heterocycles. The molecule has 1 unspecified atom stereocenters. The summed E-state index contributed by atoms with van der Waals surface area (Å²) >= 11 is 0. The van der Waals surface area contributed by atoms with Gasteiger partial charge in [0.1, 0.15) is 17.5 Å². The minimum atomic E-state index is -0.902. The number of benzene rings is 1. The van der Waals surface area contributed by atoms with Crippen LogP contribution >= 0.6 is 0 Å². The molecule has 2 aromatic rings. The Morgan fingerprint density at radius 3 is 1.96 bits per heavy atom. The van der Waals surface area contributed by atoms with Gasteiger partial charge in [-0.15, -0.1) is 0 Å². The molecular weight excluding hydrogens is 318 g/mol. The van der Waals surface area contributed by atoms with Crippen LogP contribution in [0.5, 0.6) is 0 Å². The molecule has 134 valence electrons. The summed E-state index contributed by atoms with van der Waals surface area (Å²) in [5, 5.41) is 9.47. The second kappa shape index (κ2) is 7.38. The Hall–Kier alpha value is -2.83. The van der Waals surface area contributed by atoms with Gasteiger partial charge in [-0.1, -0.05) is 12.1 Å². The molecule has 0 amide bonds. The smallest absolute Gasteiger partial charge is 0.310 e. The van der Waals surface area contributed by atoms with Gasteiger partial charge in [0, 0.05) is 40.3 Å². The van der Waals surface area contributed by atoms with Crippen LogP contribution in [-0.2, 0) is 11.2 Å². The van der Waals surface area contributed by atoms with Gasteiger partial charge in [-0.2, -0.15) is 0 Å². The van der Waals surface area contributed by atoms with Crippen molar-refractivity contribution in [2.45, 2.75) is 19.3 Å². The zero-order chi connectivity index (χ0) is 18.7. The summed E-state index contributed by atoms with van der Waals surface area (Å²) in [6.45, 7) is 1.65. The van der Waals surface area contributed by atoms with Gasteiger partial charge in [0.15, 0.2) is 0 Å². The second-order valence-electron chi connectivity index (χ2n) is 6.47. The van der Waals surface area contributed by atoms with Gasteiger partial charge in [0.25, 0.3) is 0 Å². The molecule has 1 atom stereocenters. The van der Waals surface area contributed by atoms with E-state index in [0.29, 0.717) is 35.1 Å². The van der Waals surface area contributed by atoms with E-state index in [9.17, 15) is 9.90 Å². The SMILES string of the molecule is CC(C(=O)O)c1c(N(C)C)nc(Cc2ccc(N)cc2)nc1N(C)C. The maximum Gasteiger partial charge on any atom is 0.310 e. The number of nitrogens with two attached hydrogens (primary N) is 1. The molecule has 7 nitrogen and oxygen atoms in total. The standard InChI is InChI=1S/C18H25N5O2/c1-11(18(24)25)15-16(22(2)3)20-14(21-17(15)23(4)5)10-12-6-8-13(19)9-7-12/h6-9,11H,10,19H2,1-5H3,(H,24,25). The molecule has 1 aromatic heterocycles. The molecule has 0 spiro atoms. The molecule has 2 rings (SSSR count). The van der Waals surface area contributed by atoms with E-state index >= 15 is 0 Å². The molecule has 3 N–H and O–H groups in total. The van der Waals surface area contributed by atoms with Crippen molar-refractivity contribution in [1.29, 1.82) is 0 Å². The highest BCUT2D eigenvalue weighted by atomic mass is 16.4. The monoisotopic (exact) mass is 343 g/mol. The van der Waals surface area contributed by atoms with E-state index in [4.69, 9.17) is 5.73 Å². The van der Waals surface area contributed by atoms with Crippen molar-refractivity contribution in [3.8, 4) is 0 Å². The molecule has 7 heteroatoms. The summed E-state index contributed by atoms with van der Waals surface area (Å²) in [4.78, 5) is 24.5. The number of hydrogen-bond acceptors (Lipinski definition) is 6. The van der Waals surface area contributed by atoms with Gasteiger partial charge >= 0.3 is 5.97 Å². The van der Waals surface area contributed by atoms with Crippen molar-refractivity contribution in [1.82, 2.24) is 9.97 Å². The van der Waals surface area contributed by atoms with Crippen molar-refractivity contribution in [3.63, 3.8) is 0 Å². The first-order valence-electron chi connectivity index (χ1n) is 8.03. The van der Waals surface area contributed by atoms with Crippen molar-refractivity contribution in [2.24, 2.45) is 0 Å². The van der Waals surface area contributed by atoms with E-state index in [2.05, 4.69) is 9.97 Å². The van der Waals surface area contributed by atoms with Gasteiger partial charge < -0.3 is 20.6 Å². The molecule has 0 fully saturated rings. The predicted octanol–water partition coefficient (Wildman–Crippen LogP) is 1.97. The number of anilines is 3. The molecule has 0 bridgehead atoms. The van der Waals surface area contributed by atoms with Crippen LogP contribution in [0, 0.1) is 0 Å². The van der Waals surface area contributed by atoms with Crippen LogP contribution in [-0.4, -0.2) is 49.2 Å². The first kappa shape index (κ1) is 18.5. The van der Waals surface area contributed by atoms with E-state index in [1.807, 2.05) is 62.3 Å². The maximum atomic E-state index is 11.6. The number of nitrogens with zero attached hydrogens (tertiary/aromatic N) is 4. The number of rotatable bonds is 6. The van der Waals surface area contributed by atoms with Gasteiger partial charge in [-0.05, 0) is 24.6 Å². The average molecular weight is 343 g/mol. The van der Waals surface area contributed by atoms with Gasteiger partial charge in [-0.3, -0.25) is 4.79 Å². The van der Waals surface area contributed by atoms with Crippen LogP contribution in [0.4, 0.5) is 17.3 Å². The van der Waals surface area contributed by atoms with Crippen LogP contribution in [0.1, 0.15) is 29.8 Å². The molecule has 0 aliphatic heterocycles. The van der Waals surface area contributed by atoms with Gasteiger partial charge in [0.05, 0.1) is 11.5 Å². The maximum absolute atomic E-state index is 11.6. The third kappa shape index (κ3) is 4.17. The third-order valence-electron chi connectivity index (χ3n) is 3.94. The Morgan fingerprint density at radius 1 is 1.08 bits per heavy atom. The second-order valence-corrected chi connectivity index (χ2v) is 6.47. The average Bonchev–Trinajstić information content (AvgIpc) is 2.55. The third-order valence-corrected chi connectivity index (χ3v) is 3.94.